The molecule has 3 aromatic rings. The number of aryl methyl sites for hydroxylation is 2. The standard InChI is InChI=1S/C18H21N5OS/c1-12-8-13(2)21-18(20-12)15-11-23(5-6-24-15)10-14-9-19-22-17(14)16-4-3-7-25-16/h3-4,7-9,15H,5-6,10-11H2,1-2H3,(H,19,22). The fraction of sp³-hybridized carbons (Fsp3) is 0.389. The molecule has 6 nitrogen and oxygen atoms in total. The number of thiophene rings is 1. The van der Waals surface area contributed by atoms with Crippen LogP contribution in [0, 0.1) is 13.8 Å². The first-order valence-electron chi connectivity index (χ1n) is 8.41. The first kappa shape index (κ1) is 16.4. The number of hydrogen-bond donors (Lipinski definition) is 1. The molecule has 7 heteroatoms. The molecule has 130 valence electrons. The summed E-state index contributed by atoms with van der Waals surface area (Å²) in [4.78, 5) is 12.7. The average molecular weight is 355 g/mol. The van der Waals surface area contributed by atoms with E-state index in [9.17, 15) is 0 Å². The molecule has 4 heterocycles. The number of aromatic nitrogens is 4. The molecule has 3 aromatic heterocycles. The van der Waals surface area contributed by atoms with Crippen molar-refractivity contribution in [3.05, 3.63) is 52.6 Å². The number of nitrogens with zero attached hydrogens (tertiary/aromatic N) is 4. The summed E-state index contributed by atoms with van der Waals surface area (Å²) in [5.41, 5.74) is 4.29. The molecule has 1 unspecified atom stereocenters. The Balaban J connectivity index is 1.50. The predicted octanol–water partition coefficient (Wildman–Crippen LogP) is 3.12. The predicted molar refractivity (Wildman–Crippen MR) is 97.4 cm³/mol. The summed E-state index contributed by atoms with van der Waals surface area (Å²) in [5.74, 6) is 0.785. The molecule has 0 amide bonds. The van der Waals surface area contributed by atoms with Crippen LogP contribution in [-0.4, -0.2) is 44.8 Å². The van der Waals surface area contributed by atoms with Crippen LogP contribution in [0.25, 0.3) is 10.6 Å². The van der Waals surface area contributed by atoms with Gasteiger partial charge in [0.1, 0.15) is 6.10 Å². The van der Waals surface area contributed by atoms with Gasteiger partial charge in [-0.2, -0.15) is 5.10 Å². The third-order valence-electron chi connectivity index (χ3n) is 4.32. The number of ether oxygens (including phenoxy) is 1. The van der Waals surface area contributed by atoms with Crippen LogP contribution in [0.2, 0.25) is 0 Å². The Morgan fingerprint density at radius 1 is 1.32 bits per heavy atom. The molecule has 25 heavy (non-hydrogen) atoms. The van der Waals surface area contributed by atoms with Crippen molar-refractivity contribution in [3.63, 3.8) is 0 Å². The number of nitrogens with one attached hydrogen (secondary N) is 1. The van der Waals surface area contributed by atoms with Crippen molar-refractivity contribution < 1.29 is 4.74 Å². The molecule has 1 atom stereocenters. The lowest BCUT2D eigenvalue weighted by atomic mass is 10.1. The van der Waals surface area contributed by atoms with Crippen molar-refractivity contribution in [1.29, 1.82) is 0 Å². The fourth-order valence-electron chi connectivity index (χ4n) is 3.21. The van der Waals surface area contributed by atoms with Crippen LogP contribution < -0.4 is 0 Å². The molecule has 0 spiro atoms. The molecule has 0 aliphatic carbocycles. The third kappa shape index (κ3) is 3.63. The Morgan fingerprint density at radius 3 is 2.92 bits per heavy atom. The van der Waals surface area contributed by atoms with E-state index in [2.05, 4.69) is 42.6 Å². The van der Waals surface area contributed by atoms with Crippen LogP contribution >= 0.6 is 11.3 Å². The molecule has 4 rings (SSSR count). The van der Waals surface area contributed by atoms with Gasteiger partial charge < -0.3 is 4.74 Å². The zero-order valence-electron chi connectivity index (χ0n) is 14.4. The number of aromatic amines is 1. The molecule has 0 radical (unpaired) electrons. The summed E-state index contributed by atoms with van der Waals surface area (Å²) in [5, 5.41) is 9.46. The molecule has 1 aliphatic rings. The van der Waals surface area contributed by atoms with Gasteiger partial charge in [-0.25, -0.2) is 9.97 Å². The van der Waals surface area contributed by atoms with Crippen LogP contribution in [0.5, 0.6) is 0 Å². The lowest BCUT2D eigenvalue weighted by Crippen LogP contribution is -2.38. The summed E-state index contributed by atoms with van der Waals surface area (Å²) < 4.78 is 5.94. The number of rotatable bonds is 4. The zero-order valence-corrected chi connectivity index (χ0v) is 15.2. The minimum atomic E-state index is -0.0792. The molecule has 1 fully saturated rings. The van der Waals surface area contributed by atoms with E-state index in [1.54, 1.807) is 11.3 Å². The van der Waals surface area contributed by atoms with E-state index >= 15 is 0 Å². The Morgan fingerprint density at radius 2 is 2.16 bits per heavy atom. The minimum absolute atomic E-state index is 0.0792. The summed E-state index contributed by atoms with van der Waals surface area (Å²) in [7, 11) is 0. The van der Waals surface area contributed by atoms with Gasteiger partial charge in [-0.05, 0) is 31.4 Å². The highest BCUT2D eigenvalue weighted by Crippen LogP contribution is 2.28. The van der Waals surface area contributed by atoms with Gasteiger partial charge in [0.15, 0.2) is 5.82 Å². The highest BCUT2D eigenvalue weighted by Gasteiger charge is 2.25. The zero-order chi connectivity index (χ0) is 17.2. The summed E-state index contributed by atoms with van der Waals surface area (Å²) in [6.07, 6.45) is 1.84. The maximum atomic E-state index is 5.94. The van der Waals surface area contributed by atoms with Gasteiger partial charge in [0.2, 0.25) is 0 Å². The van der Waals surface area contributed by atoms with Crippen LogP contribution in [0.15, 0.2) is 29.8 Å². The van der Waals surface area contributed by atoms with Crippen molar-refractivity contribution in [1.82, 2.24) is 25.1 Å². The molecular formula is C18H21N5OS. The van der Waals surface area contributed by atoms with Gasteiger partial charge >= 0.3 is 0 Å². The Labute approximate surface area is 150 Å². The highest BCUT2D eigenvalue weighted by atomic mass is 32.1. The lowest BCUT2D eigenvalue weighted by Gasteiger charge is -2.32. The van der Waals surface area contributed by atoms with Gasteiger partial charge in [-0.3, -0.25) is 10.00 Å². The minimum Gasteiger partial charge on any atom is -0.368 e. The fourth-order valence-corrected chi connectivity index (χ4v) is 3.96. The molecular weight excluding hydrogens is 334 g/mol. The van der Waals surface area contributed by atoms with Gasteiger partial charge in [0.25, 0.3) is 0 Å². The van der Waals surface area contributed by atoms with Gasteiger partial charge in [-0.15, -0.1) is 11.3 Å². The van der Waals surface area contributed by atoms with Gasteiger partial charge in [0, 0.05) is 36.6 Å². The van der Waals surface area contributed by atoms with Crippen molar-refractivity contribution in [2.75, 3.05) is 19.7 Å². The highest BCUT2D eigenvalue weighted by molar-refractivity contribution is 7.13. The number of hydrogen-bond acceptors (Lipinski definition) is 6. The van der Waals surface area contributed by atoms with E-state index in [1.807, 2.05) is 26.1 Å². The second-order valence-corrected chi connectivity index (χ2v) is 7.30. The third-order valence-corrected chi connectivity index (χ3v) is 5.20. The van der Waals surface area contributed by atoms with E-state index in [0.717, 1.165) is 42.5 Å². The second kappa shape index (κ2) is 7.03. The quantitative estimate of drug-likeness (QED) is 0.779. The second-order valence-electron chi connectivity index (χ2n) is 6.35. The van der Waals surface area contributed by atoms with E-state index < -0.39 is 0 Å². The Hall–Kier alpha value is -2.09. The largest absolute Gasteiger partial charge is 0.368 e. The maximum absolute atomic E-state index is 5.94. The summed E-state index contributed by atoms with van der Waals surface area (Å²) in [6.45, 7) is 7.21. The van der Waals surface area contributed by atoms with Crippen LogP contribution in [0.4, 0.5) is 0 Å². The SMILES string of the molecule is Cc1cc(C)nc(C2CN(Cc3cn[nH]c3-c3cccs3)CCO2)n1. The Bertz CT molecular complexity index is 825. The summed E-state index contributed by atoms with van der Waals surface area (Å²) in [6, 6.07) is 6.17. The van der Waals surface area contributed by atoms with Crippen LogP contribution in [0.1, 0.15) is 28.9 Å². The van der Waals surface area contributed by atoms with Gasteiger partial charge in [0.05, 0.1) is 23.4 Å². The first-order valence-corrected chi connectivity index (χ1v) is 9.29. The normalized spacial score (nSPS) is 18.6. The van der Waals surface area contributed by atoms with Crippen molar-refractivity contribution in [3.8, 4) is 10.6 Å². The molecule has 1 N–H and O–H groups in total. The van der Waals surface area contributed by atoms with Crippen molar-refractivity contribution in [2.24, 2.45) is 0 Å². The van der Waals surface area contributed by atoms with Crippen LogP contribution in [0.3, 0.4) is 0 Å². The number of morpholine rings is 1. The monoisotopic (exact) mass is 355 g/mol. The molecule has 0 bridgehead atoms. The maximum Gasteiger partial charge on any atom is 0.158 e. The van der Waals surface area contributed by atoms with Crippen LogP contribution in [-0.2, 0) is 11.3 Å². The lowest BCUT2D eigenvalue weighted by molar-refractivity contribution is -0.0373. The molecule has 0 aromatic carbocycles. The van der Waals surface area contributed by atoms with E-state index in [0.29, 0.717) is 6.61 Å². The average Bonchev–Trinajstić information content (AvgIpc) is 3.25. The van der Waals surface area contributed by atoms with Gasteiger partial charge in [-0.1, -0.05) is 6.07 Å². The van der Waals surface area contributed by atoms with E-state index in [-0.39, 0.29) is 6.10 Å². The van der Waals surface area contributed by atoms with E-state index in [4.69, 9.17) is 4.74 Å². The van der Waals surface area contributed by atoms with Crippen molar-refractivity contribution in [2.45, 2.75) is 26.5 Å². The first-order chi connectivity index (χ1) is 12.2. The molecule has 0 saturated carbocycles. The molecule has 1 aliphatic heterocycles. The number of H-pyrrole nitrogens is 1. The topological polar surface area (TPSA) is 66.9 Å². The molecule has 1 saturated heterocycles. The Kier molecular flexibility index (Phi) is 4.61. The summed E-state index contributed by atoms with van der Waals surface area (Å²) >= 11 is 1.72. The van der Waals surface area contributed by atoms with Crippen molar-refractivity contribution >= 4 is 11.3 Å². The van der Waals surface area contributed by atoms with E-state index in [1.165, 1.54) is 10.4 Å². The smallest absolute Gasteiger partial charge is 0.158 e.